The average Bonchev–Trinajstić information content (AvgIpc) is 2.34. The highest BCUT2D eigenvalue weighted by Gasteiger charge is 2.04. The van der Waals surface area contributed by atoms with Gasteiger partial charge in [0.1, 0.15) is 5.75 Å². The number of aryl methyl sites for hydroxylation is 1. The molecule has 3 heteroatoms. The Morgan fingerprint density at radius 2 is 2.00 bits per heavy atom. The van der Waals surface area contributed by atoms with Crippen molar-refractivity contribution < 1.29 is 9.84 Å². The van der Waals surface area contributed by atoms with E-state index in [0.717, 1.165) is 16.9 Å². The zero-order valence-electron chi connectivity index (χ0n) is 9.76. The van der Waals surface area contributed by atoms with Gasteiger partial charge in [0.05, 0.1) is 0 Å². The number of ether oxygens (including phenoxy) is 1. The van der Waals surface area contributed by atoms with Crippen LogP contribution in [-0.2, 0) is 6.42 Å². The molecule has 1 N–H and O–H groups in total. The summed E-state index contributed by atoms with van der Waals surface area (Å²) in [6.07, 6.45) is 2.36. The van der Waals surface area contributed by atoms with Crippen molar-refractivity contribution in [3.05, 3.63) is 53.7 Å². The highest BCUT2D eigenvalue weighted by molar-refractivity contribution is 5.33. The van der Waals surface area contributed by atoms with Crippen LogP contribution in [0.2, 0.25) is 0 Å². The molecule has 0 spiro atoms. The summed E-state index contributed by atoms with van der Waals surface area (Å²) in [4.78, 5) is 4.26. The fraction of sp³-hybridized carbons (Fsp3) is 0.214. The van der Waals surface area contributed by atoms with Crippen molar-refractivity contribution in [2.75, 3.05) is 6.61 Å². The number of aliphatic hydroxyl groups excluding tert-OH is 1. The number of para-hydroxylation sites is 1. The van der Waals surface area contributed by atoms with Crippen LogP contribution >= 0.6 is 0 Å². The van der Waals surface area contributed by atoms with Gasteiger partial charge in [-0.05, 0) is 37.1 Å². The van der Waals surface area contributed by atoms with Crippen molar-refractivity contribution >= 4 is 0 Å². The minimum Gasteiger partial charge on any atom is -0.439 e. The van der Waals surface area contributed by atoms with Crippen LogP contribution in [0.3, 0.4) is 0 Å². The van der Waals surface area contributed by atoms with Crippen molar-refractivity contribution in [3.8, 4) is 11.6 Å². The van der Waals surface area contributed by atoms with E-state index in [1.165, 1.54) is 0 Å². The van der Waals surface area contributed by atoms with Crippen molar-refractivity contribution in [3.63, 3.8) is 0 Å². The van der Waals surface area contributed by atoms with E-state index in [1.807, 2.05) is 43.3 Å². The zero-order chi connectivity index (χ0) is 12.1. The third-order valence-corrected chi connectivity index (χ3v) is 2.45. The van der Waals surface area contributed by atoms with Crippen molar-refractivity contribution in [2.24, 2.45) is 0 Å². The highest BCUT2D eigenvalue weighted by atomic mass is 16.5. The lowest BCUT2D eigenvalue weighted by atomic mass is 10.1. The molecule has 2 aromatic rings. The Balaban J connectivity index is 2.17. The second kappa shape index (κ2) is 5.46. The molecule has 0 aliphatic rings. The first-order chi connectivity index (χ1) is 8.29. The molecule has 3 nitrogen and oxygen atoms in total. The van der Waals surface area contributed by atoms with Crippen LogP contribution in [0.25, 0.3) is 0 Å². The Bertz CT molecular complexity index is 483. The van der Waals surface area contributed by atoms with Gasteiger partial charge in [-0.15, -0.1) is 0 Å². The van der Waals surface area contributed by atoms with Gasteiger partial charge in [0.15, 0.2) is 0 Å². The number of hydrogen-bond acceptors (Lipinski definition) is 3. The van der Waals surface area contributed by atoms with Gasteiger partial charge in [0.2, 0.25) is 5.88 Å². The third kappa shape index (κ3) is 3.04. The Morgan fingerprint density at radius 3 is 2.65 bits per heavy atom. The summed E-state index contributed by atoms with van der Waals surface area (Å²) in [5, 5.41) is 8.86. The first-order valence-corrected chi connectivity index (χ1v) is 5.59. The quantitative estimate of drug-likeness (QED) is 0.876. The molecule has 0 unspecified atom stereocenters. The first kappa shape index (κ1) is 11.6. The van der Waals surface area contributed by atoms with Gasteiger partial charge in [0, 0.05) is 18.4 Å². The molecular formula is C14H15NO2. The van der Waals surface area contributed by atoms with E-state index in [4.69, 9.17) is 9.84 Å². The summed E-state index contributed by atoms with van der Waals surface area (Å²) in [5.41, 5.74) is 1.99. The van der Waals surface area contributed by atoms with Crippen LogP contribution in [0.5, 0.6) is 11.6 Å². The summed E-state index contributed by atoms with van der Waals surface area (Å²) < 4.78 is 5.67. The summed E-state index contributed by atoms with van der Waals surface area (Å²) in [5.74, 6) is 1.39. The highest BCUT2D eigenvalue weighted by Crippen LogP contribution is 2.22. The van der Waals surface area contributed by atoms with E-state index >= 15 is 0 Å². The Labute approximate surface area is 101 Å². The number of hydrogen-bond donors (Lipinski definition) is 1. The normalized spacial score (nSPS) is 10.2. The first-order valence-electron chi connectivity index (χ1n) is 5.59. The number of nitrogens with zero attached hydrogens (tertiary/aromatic N) is 1. The van der Waals surface area contributed by atoms with Crippen LogP contribution in [0.1, 0.15) is 11.1 Å². The smallest absolute Gasteiger partial charge is 0.222 e. The van der Waals surface area contributed by atoms with E-state index in [-0.39, 0.29) is 6.61 Å². The van der Waals surface area contributed by atoms with Gasteiger partial charge in [-0.25, -0.2) is 4.98 Å². The molecule has 0 fully saturated rings. The molecule has 0 atom stereocenters. The molecule has 0 amide bonds. The van der Waals surface area contributed by atoms with Crippen molar-refractivity contribution in [2.45, 2.75) is 13.3 Å². The van der Waals surface area contributed by atoms with E-state index in [9.17, 15) is 0 Å². The average molecular weight is 229 g/mol. The number of benzene rings is 1. The largest absolute Gasteiger partial charge is 0.439 e. The van der Waals surface area contributed by atoms with Crippen molar-refractivity contribution in [1.82, 2.24) is 4.98 Å². The van der Waals surface area contributed by atoms with Gasteiger partial charge < -0.3 is 9.84 Å². The lowest BCUT2D eigenvalue weighted by Gasteiger charge is -2.08. The Kier molecular flexibility index (Phi) is 3.73. The van der Waals surface area contributed by atoms with Crippen LogP contribution < -0.4 is 4.74 Å². The summed E-state index contributed by atoms with van der Waals surface area (Å²) in [7, 11) is 0. The minimum atomic E-state index is 0.139. The molecule has 0 bridgehead atoms. The van der Waals surface area contributed by atoms with Crippen LogP contribution in [0.15, 0.2) is 42.6 Å². The zero-order valence-corrected chi connectivity index (χ0v) is 9.76. The molecular weight excluding hydrogens is 214 g/mol. The molecule has 1 heterocycles. The maximum absolute atomic E-state index is 8.86. The number of aliphatic hydroxyl groups is 1. The maximum Gasteiger partial charge on any atom is 0.222 e. The Hall–Kier alpha value is -1.87. The second-order valence-corrected chi connectivity index (χ2v) is 3.85. The summed E-state index contributed by atoms with van der Waals surface area (Å²) >= 11 is 0. The topological polar surface area (TPSA) is 42.4 Å². The van der Waals surface area contributed by atoms with E-state index in [0.29, 0.717) is 12.3 Å². The Morgan fingerprint density at radius 1 is 1.24 bits per heavy atom. The second-order valence-electron chi connectivity index (χ2n) is 3.85. The van der Waals surface area contributed by atoms with Gasteiger partial charge in [-0.1, -0.05) is 18.2 Å². The van der Waals surface area contributed by atoms with Crippen LogP contribution in [0, 0.1) is 6.92 Å². The molecule has 1 aromatic carbocycles. The van der Waals surface area contributed by atoms with E-state index in [2.05, 4.69) is 4.98 Å². The van der Waals surface area contributed by atoms with Gasteiger partial charge >= 0.3 is 0 Å². The maximum atomic E-state index is 8.86. The minimum absolute atomic E-state index is 0.139. The number of pyridine rings is 1. The van der Waals surface area contributed by atoms with Gasteiger partial charge in [-0.3, -0.25) is 0 Å². The number of rotatable bonds is 4. The predicted octanol–water partition coefficient (Wildman–Crippen LogP) is 2.72. The van der Waals surface area contributed by atoms with Crippen molar-refractivity contribution in [1.29, 1.82) is 0 Å². The SMILES string of the molecule is Cc1cc(CCO)cnc1Oc1ccccc1. The molecule has 0 aliphatic carbocycles. The standard InChI is InChI=1S/C14H15NO2/c1-11-9-12(7-8-16)10-15-14(11)17-13-5-3-2-4-6-13/h2-6,9-10,16H,7-8H2,1H3. The molecule has 0 aliphatic heterocycles. The molecule has 88 valence electrons. The fourth-order valence-electron chi connectivity index (χ4n) is 1.59. The fourth-order valence-corrected chi connectivity index (χ4v) is 1.59. The molecule has 0 saturated heterocycles. The summed E-state index contributed by atoms with van der Waals surface area (Å²) in [6, 6.07) is 11.6. The van der Waals surface area contributed by atoms with Gasteiger partial charge in [-0.2, -0.15) is 0 Å². The van der Waals surface area contributed by atoms with Crippen LogP contribution in [-0.4, -0.2) is 16.7 Å². The molecule has 2 rings (SSSR count). The lowest BCUT2D eigenvalue weighted by molar-refractivity contribution is 0.299. The molecule has 0 radical (unpaired) electrons. The van der Waals surface area contributed by atoms with E-state index < -0.39 is 0 Å². The lowest BCUT2D eigenvalue weighted by Crippen LogP contribution is -1.96. The van der Waals surface area contributed by atoms with Gasteiger partial charge in [0.25, 0.3) is 0 Å². The van der Waals surface area contributed by atoms with Crippen LogP contribution in [0.4, 0.5) is 0 Å². The monoisotopic (exact) mass is 229 g/mol. The molecule has 1 aromatic heterocycles. The molecule has 17 heavy (non-hydrogen) atoms. The summed E-state index contributed by atoms with van der Waals surface area (Å²) in [6.45, 7) is 2.09. The predicted molar refractivity (Wildman–Crippen MR) is 66.3 cm³/mol. The van der Waals surface area contributed by atoms with E-state index in [1.54, 1.807) is 6.20 Å². The third-order valence-electron chi connectivity index (χ3n) is 2.45. The number of aromatic nitrogens is 1. The molecule has 0 saturated carbocycles.